The lowest BCUT2D eigenvalue weighted by atomic mass is 9.87. The molecule has 1 aliphatic rings. The van der Waals surface area contributed by atoms with Crippen molar-refractivity contribution in [3.8, 4) is 0 Å². The van der Waals surface area contributed by atoms with E-state index < -0.39 is 15.9 Å². The number of hydrogen-bond donors (Lipinski definition) is 2. The van der Waals surface area contributed by atoms with E-state index in [9.17, 15) is 18.0 Å². The first-order chi connectivity index (χ1) is 19.0. The minimum atomic E-state index is -3.44. The quantitative estimate of drug-likeness (QED) is 0.343. The minimum absolute atomic E-state index is 0.00343. The standard InChI is InChI=1S/C32H39N3O4S/c1-32(2,3)27-18-16-25(17-19-27)30(36)33-28-14-7-15-29(22-28)34-31(37)26-13-8-20-35(23-26)40(38,39)21-9-12-24-10-5-4-6-11-24/h4-7,10-11,14-19,22,26H,8-9,12-13,20-21,23H2,1-3H3,(H,33,36)(H,34,37)/t26-/m0/s1. The lowest BCUT2D eigenvalue weighted by Gasteiger charge is -2.31. The van der Waals surface area contributed by atoms with E-state index in [1.54, 1.807) is 24.3 Å². The van der Waals surface area contributed by atoms with Gasteiger partial charge in [-0.3, -0.25) is 9.59 Å². The fraction of sp³-hybridized carbons (Fsp3) is 0.375. The Balaban J connectivity index is 1.31. The predicted molar refractivity (Wildman–Crippen MR) is 161 cm³/mol. The number of hydrogen-bond acceptors (Lipinski definition) is 4. The lowest BCUT2D eigenvalue weighted by Crippen LogP contribution is -2.44. The first-order valence-electron chi connectivity index (χ1n) is 13.9. The van der Waals surface area contributed by atoms with Gasteiger partial charge in [-0.2, -0.15) is 0 Å². The van der Waals surface area contributed by atoms with Gasteiger partial charge in [0, 0.05) is 30.0 Å². The number of amides is 2. The molecule has 1 aliphatic heterocycles. The normalized spacial score (nSPS) is 16.3. The van der Waals surface area contributed by atoms with Gasteiger partial charge in [0.15, 0.2) is 0 Å². The summed E-state index contributed by atoms with van der Waals surface area (Å²) in [6.07, 6.45) is 2.51. The van der Waals surface area contributed by atoms with Gasteiger partial charge in [-0.1, -0.05) is 69.3 Å². The minimum Gasteiger partial charge on any atom is -0.326 e. The van der Waals surface area contributed by atoms with E-state index in [4.69, 9.17) is 0 Å². The zero-order valence-corrected chi connectivity index (χ0v) is 24.3. The van der Waals surface area contributed by atoms with Crippen molar-refractivity contribution in [3.05, 3.63) is 95.6 Å². The maximum Gasteiger partial charge on any atom is 0.255 e. The Bertz CT molecular complexity index is 1410. The van der Waals surface area contributed by atoms with Crippen LogP contribution in [-0.2, 0) is 26.7 Å². The Morgan fingerprint density at radius 2 is 1.57 bits per heavy atom. The maximum absolute atomic E-state index is 13.1. The molecule has 1 saturated heterocycles. The van der Waals surface area contributed by atoms with Crippen LogP contribution in [0.25, 0.3) is 0 Å². The van der Waals surface area contributed by atoms with Crippen molar-refractivity contribution in [2.75, 3.05) is 29.5 Å². The molecule has 0 radical (unpaired) electrons. The largest absolute Gasteiger partial charge is 0.326 e. The molecule has 0 bridgehead atoms. The fourth-order valence-corrected chi connectivity index (χ4v) is 6.47. The van der Waals surface area contributed by atoms with Crippen LogP contribution >= 0.6 is 0 Å². The van der Waals surface area contributed by atoms with E-state index in [1.165, 1.54) is 4.31 Å². The van der Waals surface area contributed by atoms with Crippen LogP contribution in [0.3, 0.4) is 0 Å². The molecule has 212 valence electrons. The van der Waals surface area contributed by atoms with Crippen LogP contribution < -0.4 is 10.6 Å². The Kier molecular flexibility index (Phi) is 9.43. The molecule has 0 saturated carbocycles. The summed E-state index contributed by atoms with van der Waals surface area (Å²) in [4.78, 5) is 25.9. The Morgan fingerprint density at radius 3 is 2.25 bits per heavy atom. The number of carbonyl (C=O) groups excluding carboxylic acids is 2. The summed E-state index contributed by atoms with van der Waals surface area (Å²) in [5.41, 5.74) is 3.93. The van der Waals surface area contributed by atoms with Crippen molar-refractivity contribution < 1.29 is 18.0 Å². The molecule has 8 heteroatoms. The van der Waals surface area contributed by atoms with Gasteiger partial charge < -0.3 is 10.6 Å². The van der Waals surface area contributed by atoms with Crippen molar-refractivity contribution in [1.82, 2.24) is 4.31 Å². The number of anilines is 2. The van der Waals surface area contributed by atoms with E-state index in [2.05, 4.69) is 31.4 Å². The average Bonchev–Trinajstić information content (AvgIpc) is 2.93. The highest BCUT2D eigenvalue weighted by molar-refractivity contribution is 7.89. The molecule has 0 unspecified atom stereocenters. The first kappa shape index (κ1) is 29.5. The summed E-state index contributed by atoms with van der Waals surface area (Å²) in [7, 11) is -3.44. The number of nitrogens with zero attached hydrogens (tertiary/aromatic N) is 1. The molecule has 1 fully saturated rings. The van der Waals surface area contributed by atoms with Crippen LogP contribution in [0.15, 0.2) is 78.9 Å². The number of carbonyl (C=O) groups is 2. The van der Waals surface area contributed by atoms with Crippen molar-refractivity contribution in [1.29, 1.82) is 0 Å². The van der Waals surface area contributed by atoms with Crippen molar-refractivity contribution >= 4 is 33.2 Å². The molecule has 4 rings (SSSR count). The molecular weight excluding hydrogens is 522 g/mol. The van der Waals surface area contributed by atoms with E-state index >= 15 is 0 Å². The molecule has 7 nitrogen and oxygen atoms in total. The maximum atomic E-state index is 13.1. The molecule has 3 aromatic rings. The second-order valence-electron chi connectivity index (χ2n) is 11.5. The van der Waals surface area contributed by atoms with Crippen LogP contribution in [0.1, 0.15) is 61.5 Å². The van der Waals surface area contributed by atoms with Crippen molar-refractivity contribution in [3.63, 3.8) is 0 Å². The monoisotopic (exact) mass is 561 g/mol. The van der Waals surface area contributed by atoms with Gasteiger partial charge in [-0.05, 0) is 72.6 Å². The third-order valence-corrected chi connectivity index (χ3v) is 9.18. The second-order valence-corrected chi connectivity index (χ2v) is 13.5. The van der Waals surface area contributed by atoms with Crippen LogP contribution in [-0.4, -0.2) is 43.4 Å². The van der Waals surface area contributed by atoms with E-state index in [1.807, 2.05) is 54.6 Å². The fourth-order valence-electron chi connectivity index (χ4n) is 4.89. The highest BCUT2D eigenvalue weighted by Gasteiger charge is 2.32. The molecule has 0 aliphatic carbocycles. The van der Waals surface area contributed by atoms with Gasteiger partial charge in [0.2, 0.25) is 15.9 Å². The van der Waals surface area contributed by atoms with Crippen molar-refractivity contribution in [2.24, 2.45) is 5.92 Å². The highest BCUT2D eigenvalue weighted by Crippen LogP contribution is 2.24. The topological polar surface area (TPSA) is 95.6 Å². The number of benzene rings is 3. The molecule has 2 amide bonds. The van der Waals surface area contributed by atoms with Gasteiger partial charge in [0.1, 0.15) is 0 Å². The van der Waals surface area contributed by atoms with Gasteiger partial charge in [-0.25, -0.2) is 12.7 Å². The Labute approximate surface area is 238 Å². The van der Waals surface area contributed by atoms with Gasteiger partial charge in [0.05, 0.1) is 11.7 Å². The van der Waals surface area contributed by atoms with Crippen LogP contribution in [0.5, 0.6) is 0 Å². The zero-order chi connectivity index (χ0) is 28.8. The summed E-state index contributed by atoms with van der Waals surface area (Å²) in [6, 6.07) is 24.4. The van der Waals surface area contributed by atoms with Gasteiger partial charge in [0.25, 0.3) is 5.91 Å². The van der Waals surface area contributed by atoms with Crippen LogP contribution in [0, 0.1) is 5.92 Å². The molecule has 40 heavy (non-hydrogen) atoms. The SMILES string of the molecule is CC(C)(C)c1ccc(C(=O)Nc2cccc(NC(=O)[C@H]3CCCN(S(=O)(=O)CCCc4ccccc4)C3)c2)cc1. The summed E-state index contributed by atoms with van der Waals surface area (Å²) in [5, 5.41) is 5.80. The van der Waals surface area contributed by atoms with E-state index in [-0.39, 0.29) is 29.5 Å². The average molecular weight is 562 g/mol. The Morgan fingerprint density at radius 1 is 0.900 bits per heavy atom. The zero-order valence-electron chi connectivity index (χ0n) is 23.5. The van der Waals surface area contributed by atoms with Crippen LogP contribution in [0.2, 0.25) is 0 Å². The predicted octanol–water partition coefficient (Wildman–Crippen LogP) is 5.85. The van der Waals surface area contributed by atoms with Crippen LogP contribution in [0.4, 0.5) is 11.4 Å². The summed E-state index contributed by atoms with van der Waals surface area (Å²) in [6.45, 7) is 6.99. The molecule has 2 N–H and O–H groups in total. The third-order valence-electron chi connectivity index (χ3n) is 7.26. The van der Waals surface area contributed by atoms with E-state index in [0.717, 1.165) is 11.1 Å². The summed E-state index contributed by atoms with van der Waals surface area (Å²) >= 11 is 0. The molecule has 1 atom stereocenters. The van der Waals surface area contributed by atoms with Gasteiger partial charge in [-0.15, -0.1) is 0 Å². The lowest BCUT2D eigenvalue weighted by molar-refractivity contribution is -0.120. The second kappa shape index (κ2) is 12.8. The molecule has 0 aromatic heterocycles. The summed E-state index contributed by atoms with van der Waals surface area (Å²) < 4.78 is 27.4. The highest BCUT2D eigenvalue weighted by atomic mass is 32.2. The Hall–Kier alpha value is -3.49. The summed E-state index contributed by atoms with van der Waals surface area (Å²) in [5.74, 6) is -0.816. The number of piperidine rings is 1. The van der Waals surface area contributed by atoms with E-state index in [0.29, 0.717) is 49.2 Å². The number of sulfonamides is 1. The van der Waals surface area contributed by atoms with Crippen molar-refractivity contribution in [2.45, 2.75) is 51.9 Å². The number of aryl methyl sites for hydroxylation is 1. The van der Waals surface area contributed by atoms with Gasteiger partial charge >= 0.3 is 0 Å². The number of nitrogens with one attached hydrogen (secondary N) is 2. The molecule has 3 aromatic carbocycles. The molecular formula is C32H39N3O4S. The smallest absolute Gasteiger partial charge is 0.255 e. The third kappa shape index (κ3) is 8.02. The molecule has 1 heterocycles. The number of rotatable bonds is 9. The first-order valence-corrected chi connectivity index (χ1v) is 15.5. The molecule has 0 spiro atoms.